The SMILES string of the molecule is Cc1cc(N=S(C)C)cc2ncnc(Nc3ccc(Br)cc3OC3CCOCC3)c12. The summed E-state index contributed by atoms with van der Waals surface area (Å²) in [4.78, 5) is 9.01. The highest BCUT2D eigenvalue weighted by atomic mass is 79.9. The van der Waals surface area contributed by atoms with Crippen LogP contribution in [0.2, 0.25) is 0 Å². The van der Waals surface area contributed by atoms with E-state index in [1.165, 1.54) is 0 Å². The molecule has 2 heterocycles. The molecule has 3 aromatic rings. The van der Waals surface area contributed by atoms with Gasteiger partial charge in [-0.3, -0.25) is 0 Å². The van der Waals surface area contributed by atoms with E-state index in [-0.39, 0.29) is 16.8 Å². The third-order valence-electron chi connectivity index (χ3n) is 4.87. The van der Waals surface area contributed by atoms with Crippen LogP contribution in [-0.4, -0.2) is 41.8 Å². The first-order valence-corrected chi connectivity index (χ1v) is 12.6. The Morgan fingerprint density at radius 3 is 2.73 bits per heavy atom. The summed E-state index contributed by atoms with van der Waals surface area (Å²) in [5.74, 6) is 1.56. The minimum Gasteiger partial charge on any atom is -0.488 e. The minimum atomic E-state index is -0.0278. The summed E-state index contributed by atoms with van der Waals surface area (Å²) in [6.07, 6.45) is 7.72. The lowest BCUT2D eigenvalue weighted by molar-refractivity contribution is 0.0258. The van der Waals surface area contributed by atoms with Crippen LogP contribution in [0.1, 0.15) is 18.4 Å². The number of halogens is 1. The second-order valence-corrected chi connectivity index (χ2v) is 10.1. The first-order valence-electron chi connectivity index (χ1n) is 9.85. The van der Waals surface area contributed by atoms with Crippen LogP contribution >= 0.6 is 15.9 Å². The first-order chi connectivity index (χ1) is 14.5. The Labute approximate surface area is 187 Å². The molecule has 1 aliphatic heterocycles. The predicted octanol–water partition coefficient (Wildman–Crippen LogP) is 5.70. The van der Waals surface area contributed by atoms with Gasteiger partial charge < -0.3 is 14.8 Å². The van der Waals surface area contributed by atoms with Gasteiger partial charge in [-0.05, 0) is 55.3 Å². The van der Waals surface area contributed by atoms with E-state index in [1.807, 2.05) is 24.3 Å². The maximum Gasteiger partial charge on any atom is 0.144 e. The third-order valence-corrected chi connectivity index (χ3v) is 5.94. The molecule has 1 N–H and O–H groups in total. The molecule has 1 aliphatic rings. The van der Waals surface area contributed by atoms with E-state index in [2.05, 4.69) is 61.1 Å². The zero-order valence-corrected chi connectivity index (χ0v) is 19.7. The van der Waals surface area contributed by atoms with Gasteiger partial charge in [0.05, 0.1) is 30.1 Å². The highest BCUT2D eigenvalue weighted by Crippen LogP contribution is 2.35. The Hall–Kier alpha value is -2.03. The molecule has 0 spiro atoms. The maximum absolute atomic E-state index is 6.31. The average molecular weight is 489 g/mol. The van der Waals surface area contributed by atoms with E-state index in [0.717, 1.165) is 69.9 Å². The van der Waals surface area contributed by atoms with Crippen LogP contribution in [0.3, 0.4) is 0 Å². The normalized spacial score (nSPS) is 14.8. The fourth-order valence-electron chi connectivity index (χ4n) is 3.53. The molecule has 0 atom stereocenters. The molecule has 4 rings (SSSR count). The van der Waals surface area contributed by atoms with Crippen molar-refractivity contribution in [2.45, 2.75) is 25.9 Å². The predicted molar refractivity (Wildman–Crippen MR) is 127 cm³/mol. The molecule has 1 aromatic heterocycles. The van der Waals surface area contributed by atoms with E-state index in [0.29, 0.717) is 0 Å². The van der Waals surface area contributed by atoms with Crippen molar-refractivity contribution in [3.8, 4) is 5.75 Å². The lowest BCUT2D eigenvalue weighted by Gasteiger charge is -2.25. The molecule has 1 fully saturated rings. The summed E-state index contributed by atoms with van der Waals surface area (Å²) >= 11 is 3.56. The molecular formula is C22H25BrN4O2S. The van der Waals surface area contributed by atoms with Crippen LogP contribution in [0, 0.1) is 6.92 Å². The number of rotatable bonds is 5. The van der Waals surface area contributed by atoms with Gasteiger partial charge in [0.2, 0.25) is 0 Å². The van der Waals surface area contributed by atoms with Crippen LogP contribution in [0.5, 0.6) is 5.75 Å². The third kappa shape index (κ3) is 4.99. The quantitative estimate of drug-likeness (QED) is 0.498. The van der Waals surface area contributed by atoms with Gasteiger partial charge in [0.25, 0.3) is 0 Å². The van der Waals surface area contributed by atoms with Gasteiger partial charge in [-0.2, -0.15) is 0 Å². The summed E-state index contributed by atoms with van der Waals surface area (Å²) in [5.41, 5.74) is 3.79. The van der Waals surface area contributed by atoms with Crippen molar-refractivity contribution < 1.29 is 9.47 Å². The first kappa shape index (κ1) is 21.2. The number of ether oxygens (including phenoxy) is 2. The number of nitrogens with one attached hydrogen (secondary N) is 1. The molecule has 1 saturated heterocycles. The van der Waals surface area contributed by atoms with Gasteiger partial charge >= 0.3 is 0 Å². The Balaban J connectivity index is 1.69. The van der Waals surface area contributed by atoms with Crippen LogP contribution in [0.4, 0.5) is 17.2 Å². The number of hydrogen-bond donors (Lipinski definition) is 1. The minimum absolute atomic E-state index is 0.0278. The molecular weight excluding hydrogens is 464 g/mol. The van der Waals surface area contributed by atoms with Crippen molar-refractivity contribution in [1.82, 2.24) is 9.97 Å². The molecule has 30 heavy (non-hydrogen) atoms. The molecule has 8 heteroatoms. The maximum atomic E-state index is 6.31. The molecule has 158 valence electrons. The summed E-state index contributed by atoms with van der Waals surface area (Å²) in [6, 6.07) is 10.1. The number of fused-ring (bicyclic) bond motifs is 1. The van der Waals surface area contributed by atoms with E-state index >= 15 is 0 Å². The van der Waals surface area contributed by atoms with Gasteiger partial charge in [0, 0.05) is 22.7 Å². The van der Waals surface area contributed by atoms with Crippen molar-refractivity contribution in [3.05, 3.63) is 46.7 Å². The Morgan fingerprint density at radius 2 is 1.97 bits per heavy atom. The largest absolute Gasteiger partial charge is 0.488 e. The van der Waals surface area contributed by atoms with Gasteiger partial charge in [-0.15, -0.1) is 10.7 Å². The summed E-state index contributed by atoms with van der Waals surface area (Å²) in [6.45, 7) is 3.55. The molecule has 0 unspecified atom stereocenters. The number of anilines is 2. The van der Waals surface area contributed by atoms with Crippen molar-refractivity contribution in [2.24, 2.45) is 4.36 Å². The smallest absolute Gasteiger partial charge is 0.144 e. The van der Waals surface area contributed by atoms with E-state index < -0.39 is 0 Å². The fraction of sp³-hybridized carbons (Fsp3) is 0.364. The number of aryl methyl sites for hydroxylation is 1. The van der Waals surface area contributed by atoms with Gasteiger partial charge in [-0.25, -0.2) is 14.3 Å². The van der Waals surface area contributed by atoms with E-state index in [1.54, 1.807) is 6.33 Å². The number of aromatic nitrogens is 2. The highest BCUT2D eigenvalue weighted by Gasteiger charge is 2.18. The van der Waals surface area contributed by atoms with Crippen molar-refractivity contribution >= 4 is 54.7 Å². The summed E-state index contributed by atoms with van der Waals surface area (Å²) < 4.78 is 17.4. The molecule has 0 amide bonds. The molecule has 0 bridgehead atoms. The monoisotopic (exact) mass is 488 g/mol. The summed E-state index contributed by atoms with van der Waals surface area (Å²) in [5, 5.41) is 4.47. The van der Waals surface area contributed by atoms with E-state index in [9.17, 15) is 0 Å². The van der Waals surface area contributed by atoms with Gasteiger partial charge in [0.15, 0.2) is 0 Å². The molecule has 2 aromatic carbocycles. The molecule has 0 radical (unpaired) electrons. The number of hydrogen-bond acceptors (Lipinski definition) is 6. The summed E-state index contributed by atoms with van der Waals surface area (Å²) in [7, 11) is -0.0278. The Morgan fingerprint density at radius 1 is 1.17 bits per heavy atom. The number of benzene rings is 2. The topological polar surface area (TPSA) is 68.6 Å². The van der Waals surface area contributed by atoms with Crippen molar-refractivity contribution in [1.29, 1.82) is 0 Å². The molecule has 0 saturated carbocycles. The van der Waals surface area contributed by atoms with Crippen LogP contribution < -0.4 is 10.1 Å². The lowest BCUT2D eigenvalue weighted by atomic mass is 10.1. The Bertz CT molecular complexity index is 1100. The van der Waals surface area contributed by atoms with Crippen LogP contribution in [-0.2, 0) is 15.4 Å². The standard InChI is InChI=1S/C22H25BrN4O2S/c1-14-10-16(27-30(2)3)12-19-21(14)22(25-13-24-19)26-18-5-4-15(23)11-20(18)29-17-6-8-28-9-7-17/h4-5,10-13,17H,6-9H2,1-3H3,(H,24,25,26). The lowest BCUT2D eigenvalue weighted by Crippen LogP contribution is -2.26. The van der Waals surface area contributed by atoms with Crippen molar-refractivity contribution in [3.63, 3.8) is 0 Å². The second-order valence-electron chi connectivity index (χ2n) is 7.44. The van der Waals surface area contributed by atoms with Gasteiger partial charge in [-0.1, -0.05) is 15.9 Å². The molecule has 6 nitrogen and oxygen atoms in total. The van der Waals surface area contributed by atoms with Gasteiger partial charge in [0.1, 0.15) is 24.0 Å². The number of nitrogens with zero attached hydrogens (tertiary/aromatic N) is 3. The average Bonchev–Trinajstić information content (AvgIpc) is 2.70. The zero-order valence-electron chi connectivity index (χ0n) is 17.3. The highest BCUT2D eigenvalue weighted by molar-refractivity contribution is 9.10. The fourth-order valence-corrected chi connectivity index (χ4v) is 4.40. The van der Waals surface area contributed by atoms with E-state index in [4.69, 9.17) is 9.47 Å². The van der Waals surface area contributed by atoms with Crippen LogP contribution in [0.25, 0.3) is 10.9 Å². The second kappa shape index (κ2) is 9.41. The molecule has 0 aliphatic carbocycles. The zero-order chi connectivity index (χ0) is 21.1. The Kier molecular flexibility index (Phi) is 6.65. The van der Waals surface area contributed by atoms with Crippen LogP contribution in [0.15, 0.2) is 45.5 Å². The van der Waals surface area contributed by atoms with Crippen molar-refractivity contribution in [2.75, 3.05) is 31.0 Å².